The van der Waals surface area contributed by atoms with Gasteiger partial charge in [-0.3, -0.25) is 4.79 Å². The summed E-state index contributed by atoms with van der Waals surface area (Å²) in [6, 6.07) is 6.28. The van der Waals surface area contributed by atoms with Gasteiger partial charge in [-0.25, -0.2) is 0 Å². The van der Waals surface area contributed by atoms with Crippen molar-refractivity contribution >= 4 is 17.5 Å². The van der Waals surface area contributed by atoms with Crippen LogP contribution in [0, 0.1) is 19.8 Å². The first-order valence-corrected chi connectivity index (χ1v) is 7.53. The molecule has 0 aliphatic carbocycles. The Bertz CT molecular complexity index is 458. The maximum Gasteiger partial charge on any atom is 0.226 e. The van der Waals surface area contributed by atoms with E-state index in [1.165, 1.54) is 11.1 Å². The van der Waals surface area contributed by atoms with Gasteiger partial charge >= 0.3 is 0 Å². The van der Waals surface area contributed by atoms with Crippen molar-refractivity contribution in [1.82, 2.24) is 4.90 Å². The van der Waals surface area contributed by atoms with Gasteiger partial charge in [0, 0.05) is 19.0 Å². The number of hydrogen-bond acceptors (Lipinski definition) is 1. The molecule has 2 nitrogen and oxygen atoms in total. The molecule has 0 aromatic heterocycles. The van der Waals surface area contributed by atoms with Crippen molar-refractivity contribution in [3.8, 4) is 0 Å². The van der Waals surface area contributed by atoms with Crippen molar-refractivity contribution in [3.05, 3.63) is 34.9 Å². The minimum absolute atomic E-state index is 0.250. The highest BCUT2D eigenvalue weighted by atomic mass is 35.5. The summed E-state index contributed by atoms with van der Waals surface area (Å²) in [7, 11) is 0. The molecule has 3 heteroatoms. The van der Waals surface area contributed by atoms with E-state index in [-0.39, 0.29) is 5.91 Å². The van der Waals surface area contributed by atoms with Gasteiger partial charge in [-0.15, -0.1) is 11.6 Å². The second-order valence-electron chi connectivity index (χ2n) is 5.57. The molecule has 1 unspecified atom stereocenters. The first kappa shape index (κ1) is 14.4. The molecule has 1 aromatic rings. The van der Waals surface area contributed by atoms with E-state index in [0.717, 1.165) is 31.5 Å². The Hall–Kier alpha value is -1.02. The first-order valence-electron chi connectivity index (χ1n) is 7.00. The molecule has 0 spiro atoms. The van der Waals surface area contributed by atoms with Gasteiger partial charge < -0.3 is 4.90 Å². The van der Waals surface area contributed by atoms with E-state index in [0.29, 0.717) is 18.2 Å². The molecule has 1 heterocycles. The average Bonchev–Trinajstić information content (AvgIpc) is 2.83. The lowest BCUT2D eigenvalue weighted by atomic mass is 10.0. The molecule has 1 aliphatic rings. The van der Waals surface area contributed by atoms with Crippen LogP contribution in [-0.2, 0) is 11.2 Å². The van der Waals surface area contributed by atoms with Crippen molar-refractivity contribution < 1.29 is 4.79 Å². The summed E-state index contributed by atoms with van der Waals surface area (Å²) in [6.07, 6.45) is 2.65. The Kier molecular flexibility index (Phi) is 4.87. The number of rotatable bonds is 4. The Morgan fingerprint density at radius 3 is 2.84 bits per heavy atom. The topological polar surface area (TPSA) is 20.3 Å². The van der Waals surface area contributed by atoms with Crippen molar-refractivity contribution in [2.45, 2.75) is 33.1 Å². The molecule has 1 saturated heterocycles. The summed E-state index contributed by atoms with van der Waals surface area (Å²) in [4.78, 5) is 14.2. The van der Waals surface area contributed by atoms with E-state index < -0.39 is 0 Å². The van der Waals surface area contributed by atoms with Crippen molar-refractivity contribution in [3.63, 3.8) is 0 Å². The van der Waals surface area contributed by atoms with Crippen molar-refractivity contribution in [2.75, 3.05) is 19.0 Å². The number of amides is 1. The lowest BCUT2D eigenvalue weighted by Gasteiger charge is -2.16. The molecule has 0 saturated carbocycles. The predicted molar refractivity (Wildman–Crippen MR) is 79.6 cm³/mol. The van der Waals surface area contributed by atoms with E-state index >= 15 is 0 Å². The minimum atomic E-state index is 0.250. The number of nitrogens with zero attached hydrogens (tertiary/aromatic N) is 1. The van der Waals surface area contributed by atoms with Gasteiger partial charge in [0.15, 0.2) is 0 Å². The number of alkyl halides is 1. The molecule has 1 aliphatic heterocycles. The molecule has 2 rings (SSSR count). The highest BCUT2D eigenvalue weighted by Gasteiger charge is 2.25. The summed E-state index contributed by atoms with van der Waals surface area (Å²) >= 11 is 5.77. The summed E-state index contributed by atoms with van der Waals surface area (Å²) in [5.74, 6) is 1.55. The molecule has 0 N–H and O–H groups in total. The van der Waals surface area contributed by atoms with E-state index in [9.17, 15) is 4.79 Å². The number of benzene rings is 1. The summed E-state index contributed by atoms with van der Waals surface area (Å²) in [5, 5.41) is 0. The zero-order chi connectivity index (χ0) is 13.8. The van der Waals surface area contributed by atoms with Crippen LogP contribution in [0.1, 0.15) is 29.5 Å². The largest absolute Gasteiger partial charge is 0.342 e. The quantitative estimate of drug-likeness (QED) is 0.774. The number of halogens is 1. The fraction of sp³-hybridized carbons (Fsp3) is 0.562. The maximum atomic E-state index is 12.3. The Morgan fingerprint density at radius 1 is 1.37 bits per heavy atom. The molecule has 19 heavy (non-hydrogen) atoms. The third-order valence-electron chi connectivity index (χ3n) is 4.08. The third-order valence-corrected chi connectivity index (χ3v) is 4.30. The first-order chi connectivity index (χ1) is 9.10. The number of carbonyl (C=O) groups is 1. The van der Waals surface area contributed by atoms with Crippen molar-refractivity contribution in [2.24, 2.45) is 5.92 Å². The lowest BCUT2D eigenvalue weighted by Crippen LogP contribution is -2.30. The molecule has 1 aromatic carbocycles. The molecule has 104 valence electrons. The number of hydrogen-bond donors (Lipinski definition) is 0. The number of carbonyl (C=O) groups excluding carboxylic acids is 1. The summed E-state index contributed by atoms with van der Waals surface area (Å²) in [6.45, 7) is 5.97. The van der Waals surface area contributed by atoms with E-state index in [2.05, 4.69) is 32.0 Å². The number of aryl methyl sites for hydroxylation is 2. The Balaban J connectivity index is 1.92. The third kappa shape index (κ3) is 3.73. The van der Waals surface area contributed by atoms with Gasteiger partial charge in [-0.2, -0.15) is 0 Å². The van der Waals surface area contributed by atoms with Crippen LogP contribution < -0.4 is 0 Å². The van der Waals surface area contributed by atoms with Crippen LogP contribution in [0.25, 0.3) is 0 Å². The Morgan fingerprint density at radius 2 is 2.16 bits per heavy atom. The molecular weight excluding hydrogens is 258 g/mol. The van der Waals surface area contributed by atoms with Crippen molar-refractivity contribution in [1.29, 1.82) is 0 Å². The van der Waals surface area contributed by atoms with Crippen LogP contribution in [0.4, 0.5) is 0 Å². The fourth-order valence-corrected chi connectivity index (χ4v) is 2.96. The Labute approximate surface area is 120 Å². The van der Waals surface area contributed by atoms with Gasteiger partial charge in [-0.1, -0.05) is 18.2 Å². The zero-order valence-corrected chi connectivity index (χ0v) is 12.5. The maximum absolute atomic E-state index is 12.3. The fourth-order valence-electron chi connectivity index (χ4n) is 2.65. The average molecular weight is 280 g/mol. The van der Waals surface area contributed by atoms with Crippen LogP contribution in [0.2, 0.25) is 0 Å². The molecule has 1 fully saturated rings. The summed E-state index contributed by atoms with van der Waals surface area (Å²) in [5.41, 5.74) is 3.65. The SMILES string of the molecule is Cc1ccc(CC(=O)N2CCC(CCCl)C2)cc1C. The van der Waals surface area contributed by atoms with Gasteiger partial charge in [-0.05, 0) is 49.3 Å². The second-order valence-corrected chi connectivity index (χ2v) is 5.95. The van der Waals surface area contributed by atoms with E-state index in [1.807, 2.05) is 4.90 Å². The van der Waals surface area contributed by atoms with E-state index in [4.69, 9.17) is 11.6 Å². The van der Waals surface area contributed by atoms with Gasteiger partial charge in [0.1, 0.15) is 0 Å². The predicted octanol–water partition coefficient (Wildman–Crippen LogP) is 3.32. The van der Waals surface area contributed by atoms with Gasteiger partial charge in [0.25, 0.3) is 0 Å². The smallest absolute Gasteiger partial charge is 0.226 e. The molecule has 1 amide bonds. The van der Waals surface area contributed by atoms with Crippen LogP contribution in [0.5, 0.6) is 0 Å². The molecule has 0 radical (unpaired) electrons. The summed E-state index contributed by atoms with van der Waals surface area (Å²) < 4.78 is 0. The van der Waals surface area contributed by atoms with Crippen LogP contribution in [0.15, 0.2) is 18.2 Å². The lowest BCUT2D eigenvalue weighted by molar-refractivity contribution is -0.129. The van der Waals surface area contributed by atoms with Gasteiger partial charge in [0.05, 0.1) is 6.42 Å². The standard InChI is InChI=1S/C16H22ClNO/c1-12-3-4-15(9-13(12)2)10-16(19)18-8-6-14(11-18)5-7-17/h3-4,9,14H,5-8,10-11H2,1-2H3. The molecule has 1 atom stereocenters. The molecular formula is C16H22ClNO. The monoisotopic (exact) mass is 279 g/mol. The minimum Gasteiger partial charge on any atom is -0.342 e. The highest BCUT2D eigenvalue weighted by Crippen LogP contribution is 2.21. The second kappa shape index (κ2) is 6.42. The van der Waals surface area contributed by atoms with Crippen LogP contribution in [-0.4, -0.2) is 29.8 Å². The van der Waals surface area contributed by atoms with E-state index in [1.54, 1.807) is 0 Å². The zero-order valence-electron chi connectivity index (χ0n) is 11.8. The highest BCUT2D eigenvalue weighted by molar-refractivity contribution is 6.17. The van der Waals surface area contributed by atoms with Crippen LogP contribution in [0.3, 0.4) is 0 Å². The number of likely N-dealkylation sites (tertiary alicyclic amines) is 1. The molecule has 0 bridgehead atoms. The normalized spacial score (nSPS) is 18.9. The van der Waals surface area contributed by atoms with Gasteiger partial charge in [0.2, 0.25) is 5.91 Å². The van der Waals surface area contributed by atoms with Crippen LogP contribution >= 0.6 is 11.6 Å².